The molecule has 2 aromatic carbocycles. The first-order chi connectivity index (χ1) is 12.2. The smallest absolute Gasteiger partial charge is 0.363 e. The van der Waals surface area contributed by atoms with Crippen LogP contribution < -0.4 is 14.2 Å². The van der Waals surface area contributed by atoms with Crippen LogP contribution in [0.25, 0.3) is 10.6 Å². The molecule has 0 spiro atoms. The maximum absolute atomic E-state index is 12.3. The van der Waals surface area contributed by atoms with Gasteiger partial charge in [-0.25, -0.2) is 9.78 Å². The average molecular weight is 353 g/mol. The molecule has 4 rings (SSSR count). The summed E-state index contributed by atoms with van der Waals surface area (Å²) in [5, 5.41) is 2.50. The number of rotatable bonds is 4. The topological polar surface area (TPSA) is 57.7 Å². The molecule has 0 saturated carbocycles. The van der Waals surface area contributed by atoms with Gasteiger partial charge in [0, 0.05) is 17.0 Å². The first-order valence-electron chi connectivity index (χ1n) is 7.89. The highest BCUT2D eigenvalue weighted by Gasteiger charge is 2.18. The summed E-state index contributed by atoms with van der Waals surface area (Å²) in [6, 6.07) is 13.2. The molecule has 0 amide bonds. The zero-order valence-electron chi connectivity index (χ0n) is 13.5. The van der Waals surface area contributed by atoms with Crippen LogP contribution in [0.1, 0.15) is 23.0 Å². The SMILES string of the molecule is CCc1ccc(-c2nc(C(=O)Oc3ccc4c(c3)OCO4)cs2)cc1. The number of ether oxygens (including phenoxy) is 3. The molecule has 5 nitrogen and oxygen atoms in total. The van der Waals surface area contributed by atoms with Gasteiger partial charge in [-0.05, 0) is 24.1 Å². The van der Waals surface area contributed by atoms with E-state index in [9.17, 15) is 4.79 Å². The minimum absolute atomic E-state index is 0.180. The molecule has 0 aliphatic carbocycles. The Morgan fingerprint density at radius 1 is 1.16 bits per heavy atom. The fourth-order valence-electron chi connectivity index (χ4n) is 2.48. The second-order valence-corrected chi connectivity index (χ2v) is 6.35. The van der Waals surface area contributed by atoms with Crippen molar-refractivity contribution in [2.75, 3.05) is 6.79 Å². The van der Waals surface area contributed by atoms with Crippen LogP contribution in [0.5, 0.6) is 17.2 Å². The fraction of sp³-hybridized carbons (Fsp3) is 0.158. The molecule has 2 heterocycles. The van der Waals surface area contributed by atoms with Gasteiger partial charge >= 0.3 is 5.97 Å². The number of carbonyl (C=O) groups excluding carboxylic acids is 1. The Hall–Kier alpha value is -2.86. The van der Waals surface area contributed by atoms with Gasteiger partial charge < -0.3 is 14.2 Å². The van der Waals surface area contributed by atoms with Crippen molar-refractivity contribution < 1.29 is 19.0 Å². The largest absolute Gasteiger partial charge is 0.454 e. The van der Waals surface area contributed by atoms with Crippen LogP contribution in [0.15, 0.2) is 47.8 Å². The minimum atomic E-state index is -0.494. The van der Waals surface area contributed by atoms with E-state index in [1.807, 2.05) is 12.1 Å². The third kappa shape index (κ3) is 3.21. The highest BCUT2D eigenvalue weighted by molar-refractivity contribution is 7.13. The quantitative estimate of drug-likeness (QED) is 0.516. The first-order valence-corrected chi connectivity index (χ1v) is 8.77. The number of aryl methyl sites for hydroxylation is 1. The summed E-state index contributed by atoms with van der Waals surface area (Å²) in [7, 11) is 0. The summed E-state index contributed by atoms with van der Waals surface area (Å²) in [5.74, 6) is 1.12. The first kappa shape index (κ1) is 15.7. The molecule has 0 radical (unpaired) electrons. The molecule has 6 heteroatoms. The van der Waals surface area contributed by atoms with E-state index in [1.54, 1.807) is 23.6 Å². The number of thiazole rings is 1. The number of hydrogen-bond donors (Lipinski definition) is 0. The second-order valence-electron chi connectivity index (χ2n) is 5.49. The van der Waals surface area contributed by atoms with Gasteiger partial charge in [-0.2, -0.15) is 0 Å². The highest BCUT2D eigenvalue weighted by Crippen LogP contribution is 2.35. The molecule has 126 valence electrons. The Bertz CT molecular complexity index is 917. The van der Waals surface area contributed by atoms with E-state index < -0.39 is 5.97 Å². The van der Waals surface area contributed by atoms with Crippen LogP contribution in [-0.4, -0.2) is 17.7 Å². The Kier molecular flexibility index (Phi) is 4.11. The predicted molar refractivity (Wildman–Crippen MR) is 94.5 cm³/mol. The van der Waals surface area contributed by atoms with E-state index >= 15 is 0 Å². The van der Waals surface area contributed by atoms with Crippen molar-refractivity contribution in [1.29, 1.82) is 0 Å². The van der Waals surface area contributed by atoms with E-state index in [1.165, 1.54) is 16.9 Å². The molecule has 0 atom stereocenters. The molecule has 0 N–H and O–H groups in total. The summed E-state index contributed by atoms with van der Waals surface area (Å²) < 4.78 is 15.9. The van der Waals surface area contributed by atoms with Crippen molar-refractivity contribution in [1.82, 2.24) is 4.98 Å². The molecule has 0 saturated heterocycles. The van der Waals surface area contributed by atoms with Gasteiger partial charge in [0.2, 0.25) is 6.79 Å². The van der Waals surface area contributed by atoms with Gasteiger partial charge in [-0.3, -0.25) is 0 Å². The molecule has 0 unspecified atom stereocenters. The molecule has 3 aromatic rings. The number of aromatic nitrogens is 1. The monoisotopic (exact) mass is 353 g/mol. The van der Waals surface area contributed by atoms with Crippen LogP contribution in [-0.2, 0) is 6.42 Å². The standard InChI is InChI=1S/C19H15NO4S/c1-2-12-3-5-13(6-4-12)18-20-15(10-25-18)19(21)24-14-7-8-16-17(9-14)23-11-22-16/h3-10H,2,11H2,1H3. The van der Waals surface area contributed by atoms with E-state index in [2.05, 4.69) is 24.0 Å². The maximum Gasteiger partial charge on any atom is 0.363 e. The fourth-order valence-corrected chi connectivity index (χ4v) is 3.28. The van der Waals surface area contributed by atoms with Crippen molar-refractivity contribution in [3.8, 4) is 27.8 Å². The van der Waals surface area contributed by atoms with E-state index in [4.69, 9.17) is 14.2 Å². The van der Waals surface area contributed by atoms with Gasteiger partial charge in [-0.1, -0.05) is 31.2 Å². The van der Waals surface area contributed by atoms with Crippen LogP contribution in [0.2, 0.25) is 0 Å². The zero-order chi connectivity index (χ0) is 17.2. The third-order valence-corrected chi connectivity index (χ3v) is 4.77. The lowest BCUT2D eigenvalue weighted by molar-refractivity contribution is 0.0729. The third-order valence-electron chi connectivity index (χ3n) is 3.88. The number of benzene rings is 2. The Balaban J connectivity index is 1.50. The molecule has 1 aromatic heterocycles. The lowest BCUT2D eigenvalue weighted by atomic mass is 10.1. The van der Waals surface area contributed by atoms with Gasteiger partial charge in [0.05, 0.1) is 0 Å². The van der Waals surface area contributed by atoms with Gasteiger partial charge in [0.1, 0.15) is 10.8 Å². The van der Waals surface area contributed by atoms with E-state index in [-0.39, 0.29) is 12.5 Å². The summed E-state index contributed by atoms with van der Waals surface area (Å²) in [6.07, 6.45) is 0.991. The van der Waals surface area contributed by atoms with E-state index in [0.29, 0.717) is 17.2 Å². The molecule has 1 aliphatic heterocycles. The number of esters is 1. The minimum Gasteiger partial charge on any atom is -0.454 e. The summed E-state index contributed by atoms with van der Waals surface area (Å²) in [4.78, 5) is 16.7. The van der Waals surface area contributed by atoms with Crippen molar-refractivity contribution in [2.45, 2.75) is 13.3 Å². The van der Waals surface area contributed by atoms with Crippen molar-refractivity contribution in [3.05, 3.63) is 59.1 Å². The molecule has 0 bridgehead atoms. The van der Waals surface area contributed by atoms with Gasteiger partial charge in [-0.15, -0.1) is 11.3 Å². The Labute approximate surface area is 148 Å². The van der Waals surface area contributed by atoms with Gasteiger partial charge in [0.25, 0.3) is 0 Å². The van der Waals surface area contributed by atoms with Crippen LogP contribution in [0.3, 0.4) is 0 Å². The highest BCUT2D eigenvalue weighted by atomic mass is 32.1. The maximum atomic E-state index is 12.3. The molecule has 25 heavy (non-hydrogen) atoms. The molecule has 0 fully saturated rings. The Morgan fingerprint density at radius 3 is 2.76 bits per heavy atom. The lowest BCUT2D eigenvalue weighted by Crippen LogP contribution is -2.08. The molecular weight excluding hydrogens is 338 g/mol. The number of hydrogen-bond acceptors (Lipinski definition) is 6. The Morgan fingerprint density at radius 2 is 1.96 bits per heavy atom. The number of fused-ring (bicyclic) bond motifs is 1. The second kappa shape index (κ2) is 6.57. The average Bonchev–Trinajstić information content (AvgIpc) is 3.31. The molecular formula is C19H15NO4S. The van der Waals surface area contributed by atoms with Crippen molar-refractivity contribution in [3.63, 3.8) is 0 Å². The van der Waals surface area contributed by atoms with Crippen LogP contribution >= 0.6 is 11.3 Å². The van der Waals surface area contributed by atoms with Crippen molar-refractivity contribution >= 4 is 17.3 Å². The predicted octanol–water partition coefficient (Wildman–Crippen LogP) is 4.32. The lowest BCUT2D eigenvalue weighted by Gasteiger charge is -2.03. The van der Waals surface area contributed by atoms with E-state index in [0.717, 1.165) is 17.0 Å². The number of carbonyl (C=O) groups is 1. The molecule has 1 aliphatic rings. The zero-order valence-corrected chi connectivity index (χ0v) is 14.3. The summed E-state index contributed by atoms with van der Waals surface area (Å²) in [5.41, 5.74) is 2.55. The summed E-state index contributed by atoms with van der Waals surface area (Å²) in [6.45, 7) is 2.29. The van der Waals surface area contributed by atoms with Crippen LogP contribution in [0.4, 0.5) is 0 Å². The summed E-state index contributed by atoms with van der Waals surface area (Å²) >= 11 is 1.42. The van der Waals surface area contributed by atoms with Crippen molar-refractivity contribution in [2.24, 2.45) is 0 Å². The number of nitrogens with zero attached hydrogens (tertiary/aromatic N) is 1. The normalized spacial score (nSPS) is 12.2. The van der Waals surface area contributed by atoms with Crippen LogP contribution in [0, 0.1) is 0 Å². The van der Waals surface area contributed by atoms with Gasteiger partial charge in [0.15, 0.2) is 17.2 Å².